The van der Waals surface area contributed by atoms with E-state index < -0.39 is 6.04 Å². The number of hydrogen-bond donors (Lipinski definition) is 2. The van der Waals surface area contributed by atoms with E-state index in [2.05, 4.69) is 15.4 Å². The van der Waals surface area contributed by atoms with Crippen LogP contribution >= 0.6 is 11.8 Å². The number of nitrogens with one attached hydrogen (secondary N) is 1. The number of pyridine rings is 1. The summed E-state index contributed by atoms with van der Waals surface area (Å²) in [5.74, 6) is 1.53. The maximum absolute atomic E-state index is 11.9. The third kappa shape index (κ3) is 4.80. The molecule has 3 N–H and O–H groups in total. The molecule has 7 heteroatoms. The van der Waals surface area contributed by atoms with Crippen molar-refractivity contribution in [2.24, 2.45) is 5.73 Å². The van der Waals surface area contributed by atoms with Gasteiger partial charge in [0.25, 0.3) is 0 Å². The number of aromatic nitrogens is 3. The van der Waals surface area contributed by atoms with Gasteiger partial charge in [0.05, 0.1) is 11.7 Å². The summed E-state index contributed by atoms with van der Waals surface area (Å²) in [6.07, 6.45) is 4.43. The molecule has 2 aromatic heterocycles. The Labute approximate surface area is 140 Å². The maximum Gasteiger partial charge on any atom is 0.237 e. The quantitative estimate of drug-likeness (QED) is 0.803. The first-order chi connectivity index (χ1) is 11.0. The smallest absolute Gasteiger partial charge is 0.237 e. The molecule has 2 heterocycles. The summed E-state index contributed by atoms with van der Waals surface area (Å²) in [6.45, 7) is 4.37. The van der Waals surface area contributed by atoms with Crippen molar-refractivity contribution < 1.29 is 4.79 Å². The zero-order chi connectivity index (χ0) is 16.8. The molecule has 124 valence electrons. The van der Waals surface area contributed by atoms with Gasteiger partial charge in [-0.1, -0.05) is 6.07 Å². The van der Waals surface area contributed by atoms with Crippen molar-refractivity contribution in [3.8, 4) is 5.82 Å². The molecule has 23 heavy (non-hydrogen) atoms. The van der Waals surface area contributed by atoms with Gasteiger partial charge in [0.15, 0.2) is 5.82 Å². The van der Waals surface area contributed by atoms with Gasteiger partial charge in [-0.05, 0) is 50.0 Å². The Morgan fingerprint density at radius 2 is 2.22 bits per heavy atom. The van der Waals surface area contributed by atoms with Crippen LogP contribution in [0.1, 0.15) is 23.4 Å². The number of carbonyl (C=O) groups excluding carboxylic acids is 1. The van der Waals surface area contributed by atoms with Crippen LogP contribution in [0.2, 0.25) is 0 Å². The van der Waals surface area contributed by atoms with Gasteiger partial charge in [0.2, 0.25) is 5.91 Å². The van der Waals surface area contributed by atoms with Crippen LogP contribution in [0.25, 0.3) is 5.82 Å². The van der Waals surface area contributed by atoms with E-state index in [1.807, 2.05) is 38.3 Å². The summed E-state index contributed by atoms with van der Waals surface area (Å²) in [4.78, 5) is 16.3. The first-order valence-corrected chi connectivity index (χ1v) is 8.91. The molecule has 0 aliphatic rings. The Morgan fingerprint density at radius 3 is 2.78 bits per heavy atom. The second-order valence-electron chi connectivity index (χ2n) is 5.47. The average molecular weight is 333 g/mol. The number of carbonyl (C=O) groups is 1. The topological polar surface area (TPSA) is 85.8 Å². The second kappa shape index (κ2) is 8.12. The van der Waals surface area contributed by atoms with Gasteiger partial charge in [-0.25, -0.2) is 9.67 Å². The highest BCUT2D eigenvalue weighted by atomic mass is 32.2. The van der Waals surface area contributed by atoms with Crippen molar-refractivity contribution in [2.45, 2.75) is 32.9 Å². The summed E-state index contributed by atoms with van der Waals surface area (Å²) in [5.41, 5.74) is 8.76. The van der Waals surface area contributed by atoms with Crippen LogP contribution in [0.15, 0.2) is 24.4 Å². The van der Waals surface area contributed by atoms with Gasteiger partial charge in [0.1, 0.15) is 0 Å². The fourth-order valence-corrected chi connectivity index (χ4v) is 2.69. The van der Waals surface area contributed by atoms with E-state index in [0.717, 1.165) is 28.5 Å². The highest BCUT2D eigenvalue weighted by Crippen LogP contribution is 2.10. The summed E-state index contributed by atoms with van der Waals surface area (Å²) in [7, 11) is 0. The molecule has 0 aliphatic heterocycles. The summed E-state index contributed by atoms with van der Waals surface area (Å²) in [5, 5.41) is 7.25. The van der Waals surface area contributed by atoms with Crippen molar-refractivity contribution in [3.63, 3.8) is 0 Å². The fraction of sp³-hybridized carbons (Fsp3) is 0.438. The molecule has 0 saturated heterocycles. The molecule has 1 amide bonds. The fourth-order valence-electron chi connectivity index (χ4n) is 2.20. The van der Waals surface area contributed by atoms with Gasteiger partial charge < -0.3 is 11.1 Å². The number of thioether (sulfide) groups is 1. The lowest BCUT2D eigenvalue weighted by atomic mass is 10.2. The van der Waals surface area contributed by atoms with Crippen molar-refractivity contribution in [2.75, 3.05) is 12.0 Å². The molecule has 0 radical (unpaired) electrons. The highest BCUT2D eigenvalue weighted by Gasteiger charge is 2.12. The molecular formula is C16H23N5OS. The van der Waals surface area contributed by atoms with E-state index in [0.29, 0.717) is 13.0 Å². The third-order valence-corrected chi connectivity index (χ3v) is 4.12. The van der Waals surface area contributed by atoms with Gasteiger partial charge in [-0.2, -0.15) is 16.9 Å². The summed E-state index contributed by atoms with van der Waals surface area (Å²) >= 11 is 1.69. The highest BCUT2D eigenvalue weighted by molar-refractivity contribution is 7.98. The SMILES string of the molecule is CSCCC(N)C(=O)NCc1ccc(-n2nc(C)cc2C)nc1. The number of amides is 1. The molecule has 0 aromatic carbocycles. The zero-order valence-corrected chi connectivity index (χ0v) is 14.6. The van der Waals surface area contributed by atoms with E-state index in [1.165, 1.54) is 0 Å². The molecular weight excluding hydrogens is 310 g/mol. The minimum atomic E-state index is -0.454. The zero-order valence-electron chi connectivity index (χ0n) is 13.7. The lowest BCUT2D eigenvalue weighted by molar-refractivity contribution is -0.122. The molecule has 1 atom stereocenters. The summed E-state index contributed by atoms with van der Waals surface area (Å²) in [6, 6.07) is 5.39. The molecule has 2 rings (SSSR count). The van der Waals surface area contributed by atoms with E-state index >= 15 is 0 Å². The molecule has 0 fully saturated rings. The molecule has 0 bridgehead atoms. The Balaban J connectivity index is 1.93. The molecule has 6 nitrogen and oxygen atoms in total. The Hall–Kier alpha value is -1.86. The molecule has 0 saturated carbocycles. The summed E-state index contributed by atoms with van der Waals surface area (Å²) < 4.78 is 1.80. The van der Waals surface area contributed by atoms with Crippen LogP contribution in [0, 0.1) is 13.8 Å². The first-order valence-electron chi connectivity index (χ1n) is 7.52. The minimum absolute atomic E-state index is 0.123. The average Bonchev–Trinajstić information content (AvgIpc) is 2.89. The standard InChI is InChI=1S/C16H23N5OS/c1-11-8-12(2)21(20-11)15-5-4-13(9-18-15)10-19-16(22)14(17)6-7-23-3/h4-5,8-9,14H,6-7,10,17H2,1-3H3,(H,19,22). The van der Waals surface area contributed by atoms with Crippen LogP contribution in [0.4, 0.5) is 0 Å². The third-order valence-electron chi connectivity index (χ3n) is 3.47. The van der Waals surface area contributed by atoms with Crippen LogP contribution in [-0.4, -0.2) is 38.7 Å². The van der Waals surface area contributed by atoms with Crippen LogP contribution < -0.4 is 11.1 Å². The predicted octanol–water partition coefficient (Wildman–Crippen LogP) is 1.58. The normalized spacial score (nSPS) is 12.2. The molecule has 0 spiro atoms. The van der Waals surface area contributed by atoms with Gasteiger partial charge in [0, 0.05) is 18.4 Å². The van der Waals surface area contributed by atoms with Gasteiger partial charge >= 0.3 is 0 Å². The first kappa shape index (κ1) is 17.5. The van der Waals surface area contributed by atoms with Crippen LogP contribution in [-0.2, 0) is 11.3 Å². The van der Waals surface area contributed by atoms with E-state index in [9.17, 15) is 4.79 Å². The largest absolute Gasteiger partial charge is 0.351 e. The predicted molar refractivity (Wildman–Crippen MR) is 93.7 cm³/mol. The Bertz CT molecular complexity index is 653. The van der Waals surface area contributed by atoms with Crippen molar-refractivity contribution >= 4 is 17.7 Å². The van der Waals surface area contributed by atoms with Crippen LogP contribution in [0.5, 0.6) is 0 Å². The number of aryl methyl sites for hydroxylation is 2. The lowest BCUT2D eigenvalue weighted by Crippen LogP contribution is -2.40. The van der Waals surface area contributed by atoms with Gasteiger partial charge in [-0.3, -0.25) is 4.79 Å². The van der Waals surface area contributed by atoms with Gasteiger partial charge in [-0.15, -0.1) is 0 Å². The van der Waals surface area contributed by atoms with Crippen LogP contribution in [0.3, 0.4) is 0 Å². The number of rotatable bonds is 7. The maximum atomic E-state index is 11.9. The molecule has 1 unspecified atom stereocenters. The monoisotopic (exact) mass is 333 g/mol. The second-order valence-corrected chi connectivity index (χ2v) is 6.45. The Kier molecular flexibility index (Phi) is 6.18. The van der Waals surface area contributed by atoms with E-state index in [4.69, 9.17) is 5.73 Å². The Morgan fingerprint density at radius 1 is 1.43 bits per heavy atom. The number of nitrogens with two attached hydrogens (primary N) is 1. The van der Waals surface area contributed by atoms with Crippen molar-refractivity contribution in [1.82, 2.24) is 20.1 Å². The van der Waals surface area contributed by atoms with Crippen molar-refractivity contribution in [1.29, 1.82) is 0 Å². The number of hydrogen-bond acceptors (Lipinski definition) is 5. The minimum Gasteiger partial charge on any atom is -0.351 e. The lowest BCUT2D eigenvalue weighted by Gasteiger charge is -2.11. The van der Waals surface area contributed by atoms with Crippen molar-refractivity contribution in [3.05, 3.63) is 41.3 Å². The van der Waals surface area contributed by atoms with E-state index in [1.54, 1.807) is 22.6 Å². The molecule has 0 aliphatic carbocycles. The number of nitrogens with zero attached hydrogens (tertiary/aromatic N) is 3. The van der Waals surface area contributed by atoms with E-state index in [-0.39, 0.29) is 5.91 Å². The molecule has 2 aromatic rings.